The van der Waals surface area contributed by atoms with Crippen LogP contribution in [-0.4, -0.2) is 26.4 Å². The molecule has 1 atom stereocenters. The summed E-state index contributed by atoms with van der Waals surface area (Å²) in [7, 11) is -2.00. The minimum absolute atomic E-state index is 0.194. The summed E-state index contributed by atoms with van der Waals surface area (Å²) in [6, 6.07) is 15.4. The van der Waals surface area contributed by atoms with E-state index in [-0.39, 0.29) is 10.9 Å². The molecule has 0 aliphatic carbocycles. The van der Waals surface area contributed by atoms with Gasteiger partial charge in [0.2, 0.25) is 10.0 Å². The Labute approximate surface area is 142 Å². The van der Waals surface area contributed by atoms with Crippen molar-refractivity contribution >= 4 is 10.0 Å². The van der Waals surface area contributed by atoms with Gasteiger partial charge < -0.3 is 4.74 Å². The second kappa shape index (κ2) is 6.63. The van der Waals surface area contributed by atoms with Crippen LogP contribution in [0.3, 0.4) is 0 Å². The number of ether oxygens (including phenoxy) is 1. The molecular formula is C18H18N2O3S. The second-order valence-electron chi connectivity index (χ2n) is 5.69. The lowest BCUT2D eigenvalue weighted by molar-refractivity contribution is 0.390. The molecule has 1 aliphatic heterocycles. The maximum atomic E-state index is 13.0. The molecule has 124 valence electrons. The zero-order valence-corrected chi connectivity index (χ0v) is 14.2. The monoisotopic (exact) mass is 342 g/mol. The van der Waals surface area contributed by atoms with E-state index in [0.29, 0.717) is 12.1 Å². The number of nitriles is 1. The molecule has 5 nitrogen and oxygen atoms in total. The van der Waals surface area contributed by atoms with Crippen LogP contribution in [0.15, 0.2) is 53.4 Å². The maximum absolute atomic E-state index is 13.0. The van der Waals surface area contributed by atoms with Crippen LogP contribution >= 0.6 is 0 Å². The van der Waals surface area contributed by atoms with Gasteiger partial charge in [0, 0.05) is 6.54 Å². The Morgan fingerprint density at radius 2 is 1.96 bits per heavy atom. The van der Waals surface area contributed by atoms with Crippen LogP contribution in [0.25, 0.3) is 0 Å². The van der Waals surface area contributed by atoms with Gasteiger partial charge in [0.05, 0.1) is 29.7 Å². The van der Waals surface area contributed by atoms with E-state index in [9.17, 15) is 8.42 Å². The number of rotatable bonds is 4. The summed E-state index contributed by atoms with van der Waals surface area (Å²) in [5, 5.41) is 8.86. The van der Waals surface area contributed by atoms with E-state index in [2.05, 4.69) is 0 Å². The highest BCUT2D eigenvalue weighted by molar-refractivity contribution is 7.89. The fourth-order valence-corrected chi connectivity index (χ4v) is 4.73. The van der Waals surface area contributed by atoms with Crippen molar-refractivity contribution in [3.8, 4) is 11.8 Å². The van der Waals surface area contributed by atoms with Gasteiger partial charge in [0.15, 0.2) is 0 Å². The molecule has 1 fully saturated rings. The standard InChI is InChI=1S/C18H18N2O3S/c1-23-16-5-2-4-15(12-16)18-6-3-11-20(18)24(21,22)17-9-7-14(13-19)8-10-17/h2,4-5,7-10,12,18H,3,6,11H2,1H3. The fourth-order valence-electron chi connectivity index (χ4n) is 3.05. The van der Waals surface area contributed by atoms with E-state index in [0.717, 1.165) is 24.2 Å². The maximum Gasteiger partial charge on any atom is 0.243 e. The van der Waals surface area contributed by atoms with Gasteiger partial charge in [0.1, 0.15) is 5.75 Å². The Morgan fingerprint density at radius 1 is 1.21 bits per heavy atom. The topological polar surface area (TPSA) is 70.4 Å². The number of sulfonamides is 1. The molecule has 1 aliphatic rings. The van der Waals surface area contributed by atoms with Crippen LogP contribution < -0.4 is 4.74 Å². The van der Waals surface area contributed by atoms with Crippen molar-refractivity contribution in [2.24, 2.45) is 0 Å². The van der Waals surface area contributed by atoms with Crippen LogP contribution in [0.4, 0.5) is 0 Å². The smallest absolute Gasteiger partial charge is 0.243 e. The lowest BCUT2D eigenvalue weighted by Gasteiger charge is -2.24. The van der Waals surface area contributed by atoms with E-state index in [4.69, 9.17) is 10.00 Å². The third-order valence-corrected chi connectivity index (χ3v) is 6.19. The van der Waals surface area contributed by atoms with Crippen molar-refractivity contribution < 1.29 is 13.2 Å². The van der Waals surface area contributed by atoms with Gasteiger partial charge in [-0.2, -0.15) is 9.57 Å². The van der Waals surface area contributed by atoms with Crippen molar-refractivity contribution in [2.75, 3.05) is 13.7 Å². The van der Waals surface area contributed by atoms with Crippen molar-refractivity contribution in [3.63, 3.8) is 0 Å². The van der Waals surface area contributed by atoms with Gasteiger partial charge >= 0.3 is 0 Å². The average molecular weight is 342 g/mol. The minimum Gasteiger partial charge on any atom is -0.497 e. The van der Waals surface area contributed by atoms with Gasteiger partial charge in [-0.15, -0.1) is 0 Å². The largest absolute Gasteiger partial charge is 0.497 e. The van der Waals surface area contributed by atoms with E-state index in [1.807, 2.05) is 30.3 Å². The molecule has 2 aromatic rings. The van der Waals surface area contributed by atoms with Gasteiger partial charge in [-0.1, -0.05) is 12.1 Å². The summed E-state index contributed by atoms with van der Waals surface area (Å²) in [6.07, 6.45) is 1.60. The molecule has 6 heteroatoms. The van der Waals surface area contributed by atoms with Crippen LogP contribution in [0, 0.1) is 11.3 Å². The lowest BCUT2D eigenvalue weighted by Crippen LogP contribution is -2.30. The first-order chi connectivity index (χ1) is 11.6. The Morgan fingerprint density at radius 3 is 2.62 bits per heavy atom. The van der Waals surface area contributed by atoms with E-state index in [1.165, 1.54) is 24.3 Å². The highest BCUT2D eigenvalue weighted by Gasteiger charge is 2.36. The third kappa shape index (κ3) is 3.01. The highest BCUT2D eigenvalue weighted by Crippen LogP contribution is 2.37. The second-order valence-corrected chi connectivity index (χ2v) is 7.58. The molecule has 0 bridgehead atoms. The van der Waals surface area contributed by atoms with E-state index in [1.54, 1.807) is 11.4 Å². The van der Waals surface area contributed by atoms with Crippen LogP contribution in [0.1, 0.15) is 30.0 Å². The molecular weight excluding hydrogens is 324 g/mol. The van der Waals surface area contributed by atoms with Crippen LogP contribution in [0.5, 0.6) is 5.75 Å². The van der Waals surface area contributed by atoms with E-state index < -0.39 is 10.0 Å². The average Bonchev–Trinajstić information content (AvgIpc) is 3.12. The zero-order valence-electron chi connectivity index (χ0n) is 13.3. The Balaban J connectivity index is 1.95. The first kappa shape index (κ1) is 16.5. The summed E-state index contributed by atoms with van der Waals surface area (Å²) in [4.78, 5) is 0.219. The first-order valence-corrected chi connectivity index (χ1v) is 9.16. The number of hydrogen-bond donors (Lipinski definition) is 0. The number of hydrogen-bond acceptors (Lipinski definition) is 4. The highest BCUT2D eigenvalue weighted by atomic mass is 32.2. The Bertz CT molecular complexity index is 870. The normalized spacial score (nSPS) is 18.2. The van der Waals surface area contributed by atoms with Gasteiger partial charge in [-0.3, -0.25) is 0 Å². The molecule has 1 unspecified atom stereocenters. The molecule has 0 spiro atoms. The number of nitrogens with zero attached hydrogens (tertiary/aromatic N) is 2. The Hall–Kier alpha value is -2.36. The molecule has 0 saturated carbocycles. The summed E-state index contributed by atoms with van der Waals surface area (Å²) in [5.74, 6) is 0.718. The lowest BCUT2D eigenvalue weighted by atomic mass is 10.1. The van der Waals surface area contributed by atoms with Crippen LogP contribution in [0.2, 0.25) is 0 Å². The zero-order chi connectivity index (χ0) is 17.2. The molecule has 1 heterocycles. The fraction of sp³-hybridized carbons (Fsp3) is 0.278. The molecule has 3 rings (SSSR count). The summed E-state index contributed by atoms with van der Waals surface area (Å²) < 4.78 is 32.8. The van der Waals surface area contributed by atoms with Gasteiger partial charge in [-0.25, -0.2) is 8.42 Å². The van der Waals surface area contributed by atoms with Crippen molar-refractivity contribution in [3.05, 3.63) is 59.7 Å². The van der Waals surface area contributed by atoms with Crippen molar-refractivity contribution in [1.82, 2.24) is 4.31 Å². The molecule has 1 saturated heterocycles. The first-order valence-electron chi connectivity index (χ1n) is 7.72. The Kier molecular flexibility index (Phi) is 4.56. The predicted molar refractivity (Wildman–Crippen MR) is 90.0 cm³/mol. The molecule has 0 N–H and O–H groups in total. The van der Waals surface area contributed by atoms with E-state index >= 15 is 0 Å². The van der Waals surface area contributed by atoms with Crippen molar-refractivity contribution in [1.29, 1.82) is 5.26 Å². The van der Waals surface area contributed by atoms with Gasteiger partial charge in [-0.05, 0) is 54.8 Å². The SMILES string of the molecule is COc1cccc(C2CCCN2S(=O)(=O)c2ccc(C#N)cc2)c1. The number of benzene rings is 2. The third-order valence-electron chi connectivity index (χ3n) is 4.27. The minimum atomic E-state index is -3.60. The number of methoxy groups -OCH3 is 1. The molecule has 24 heavy (non-hydrogen) atoms. The molecule has 0 amide bonds. The van der Waals surface area contributed by atoms with Crippen molar-refractivity contribution in [2.45, 2.75) is 23.8 Å². The van der Waals surface area contributed by atoms with Crippen LogP contribution in [-0.2, 0) is 10.0 Å². The molecule has 0 aromatic heterocycles. The predicted octanol–water partition coefficient (Wildman–Crippen LogP) is 3.09. The summed E-state index contributed by atoms with van der Waals surface area (Å²) >= 11 is 0. The summed E-state index contributed by atoms with van der Waals surface area (Å²) in [5.41, 5.74) is 1.38. The summed E-state index contributed by atoms with van der Waals surface area (Å²) in [6.45, 7) is 0.490. The van der Waals surface area contributed by atoms with Gasteiger partial charge in [0.25, 0.3) is 0 Å². The molecule has 2 aromatic carbocycles. The molecule has 0 radical (unpaired) electrons. The quantitative estimate of drug-likeness (QED) is 0.856.